The molecular weight excluding hydrogens is 361 g/mol. The van der Waals surface area contributed by atoms with Crippen LogP contribution < -0.4 is 14.8 Å². The van der Waals surface area contributed by atoms with Crippen molar-refractivity contribution in [1.82, 2.24) is 0 Å². The first kappa shape index (κ1) is 17.1. The van der Waals surface area contributed by atoms with Crippen LogP contribution in [0.2, 0.25) is 0 Å². The average Bonchev–Trinajstić information content (AvgIpc) is 2.58. The van der Waals surface area contributed by atoms with E-state index in [1.54, 1.807) is 0 Å². The van der Waals surface area contributed by atoms with E-state index in [0.29, 0.717) is 16.4 Å². The number of carbonyl (C=O) groups excluding carboxylic acids is 1. The van der Waals surface area contributed by atoms with E-state index in [2.05, 4.69) is 0 Å². The molecular formula is C15H11F3N2O4S. The van der Waals surface area contributed by atoms with Gasteiger partial charge in [0.15, 0.2) is 23.6 Å². The van der Waals surface area contributed by atoms with Crippen LogP contribution >= 0.6 is 0 Å². The fraction of sp³-hybridized carbons (Fsp3) is 0.133. The summed E-state index contributed by atoms with van der Waals surface area (Å²) >= 11 is 0. The number of hydrogen-bond acceptors (Lipinski definition) is 4. The molecule has 25 heavy (non-hydrogen) atoms. The Morgan fingerprint density at radius 2 is 1.80 bits per heavy atom. The van der Waals surface area contributed by atoms with Crippen molar-refractivity contribution in [1.29, 1.82) is 0 Å². The number of sulfonamides is 1. The Bertz CT molecular complexity index is 965. The van der Waals surface area contributed by atoms with Crippen molar-refractivity contribution < 1.29 is 31.1 Å². The number of fused-ring (bicyclic) bond motifs is 1. The summed E-state index contributed by atoms with van der Waals surface area (Å²) in [6.07, 6.45) is -1.32. The Morgan fingerprint density at radius 3 is 2.48 bits per heavy atom. The third kappa shape index (κ3) is 2.78. The Morgan fingerprint density at radius 1 is 1.12 bits per heavy atom. The van der Waals surface area contributed by atoms with E-state index in [0.717, 1.165) is 0 Å². The number of hydrogen-bond donors (Lipinski definition) is 1. The van der Waals surface area contributed by atoms with Gasteiger partial charge in [0, 0.05) is 0 Å². The lowest BCUT2D eigenvalue weighted by Gasteiger charge is -2.34. The molecule has 0 aliphatic carbocycles. The van der Waals surface area contributed by atoms with Crippen LogP contribution in [-0.4, -0.2) is 27.0 Å². The second kappa shape index (κ2) is 5.96. The van der Waals surface area contributed by atoms with E-state index in [4.69, 9.17) is 10.5 Å². The minimum Gasteiger partial charge on any atom is -0.476 e. The van der Waals surface area contributed by atoms with Gasteiger partial charge in [-0.25, -0.2) is 21.6 Å². The van der Waals surface area contributed by atoms with Gasteiger partial charge in [-0.15, -0.1) is 0 Å². The van der Waals surface area contributed by atoms with Crippen molar-refractivity contribution in [3.8, 4) is 5.75 Å². The number of benzene rings is 2. The summed E-state index contributed by atoms with van der Waals surface area (Å²) in [5.74, 6) is -6.17. The van der Waals surface area contributed by atoms with Crippen LogP contribution in [0.5, 0.6) is 5.75 Å². The highest BCUT2D eigenvalue weighted by atomic mass is 32.2. The average molecular weight is 372 g/mol. The Kier molecular flexibility index (Phi) is 4.07. The first-order chi connectivity index (χ1) is 11.7. The van der Waals surface area contributed by atoms with Gasteiger partial charge in [-0.3, -0.25) is 9.10 Å². The summed E-state index contributed by atoms with van der Waals surface area (Å²) in [6.45, 7) is -0.535. The van der Waals surface area contributed by atoms with Crippen LogP contribution in [0, 0.1) is 17.5 Å². The van der Waals surface area contributed by atoms with Gasteiger partial charge in [-0.1, -0.05) is 12.1 Å². The predicted molar refractivity (Wildman–Crippen MR) is 80.9 cm³/mol. The molecule has 0 fully saturated rings. The number of anilines is 1. The highest BCUT2D eigenvalue weighted by Crippen LogP contribution is 2.37. The molecule has 0 saturated heterocycles. The molecule has 0 unspecified atom stereocenters. The number of amides is 1. The highest BCUT2D eigenvalue weighted by molar-refractivity contribution is 7.92. The number of nitrogens with zero attached hydrogens (tertiary/aromatic N) is 1. The lowest BCUT2D eigenvalue weighted by Crippen LogP contribution is -2.49. The summed E-state index contributed by atoms with van der Waals surface area (Å²) in [4.78, 5) is 10.4. The van der Waals surface area contributed by atoms with E-state index < -0.39 is 50.9 Å². The summed E-state index contributed by atoms with van der Waals surface area (Å²) in [6, 6.07) is 6.90. The predicted octanol–water partition coefficient (Wildman–Crippen LogP) is 1.55. The first-order valence-electron chi connectivity index (χ1n) is 6.94. The fourth-order valence-corrected chi connectivity index (χ4v) is 3.94. The van der Waals surface area contributed by atoms with Crippen LogP contribution in [0.25, 0.3) is 0 Å². The molecule has 132 valence electrons. The van der Waals surface area contributed by atoms with Gasteiger partial charge in [0.2, 0.25) is 0 Å². The molecule has 1 aliphatic heterocycles. The topological polar surface area (TPSA) is 89.7 Å². The van der Waals surface area contributed by atoms with E-state index in [9.17, 15) is 26.4 Å². The van der Waals surface area contributed by atoms with Crippen LogP contribution in [0.1, 0.15) is 0 Å². The van der Waals surface area contributed by atoms with Gasteiger partial charge in [-0.2, -0.15) is 0 Å². The minimum absolute atomic E-state index is 0.0177. The van der Waals surface area contributed by atoms with Crippen molar-refractivity contribution in [3.63, 3.8) is 0 Å². The maximum Gasteiger partial charge on any atom is 0.267 e. The monoisotopic (exact) mass is 372 g/mol. The molecule has 0 radical (unpaired) electrons. The second-order valence-electron chi connectivity index (χ2n) is 5.19. The maximum atomic E-state index is 14.0. The molecule has 10 heteroatoms. The van der Waals surface area contributed by atoms with Gasteiger partial charge in [0.1, 0.15) is 10.6 Å². The highest BCUT2D eigenvalue weighted by Gasteiger charge is 2.38. The number of primary amides is 1. The van der Waals surface area contributed by atoms with Gasteiger partial charge in [0.25, 0.3) is 15.9 Å². The Balaban J connectivity index is 2.17. The van der Waals surface area contributed by atoms with Gasteiger partial charge < -0.3 is 10.5 Å². The first-order valence-corrected chi connectivity index (χ1v) is 8.38. The van der Waals surface area contributed by atoms with Crippen LogP contribution in [-0.2, 0) is 14.8 Å². The third-order valence-corrected chi connectivity index (χ3v) is 5.42. The Hall–Kier alpha value is -2.75. The molecule has 1 aliphatic rings. The number of halogens is 3. The van der Waals surface area contributed by atoms with Crippen molar-refractivity contribution in [2.75, 3.05) is 10.8 Å². The molecule has 0 spiro atoms. The number of para-hydroxylation sites is 2. The quantitative estimate of drug-likeness (QED) is 0.828. The molecule has 3 rings (SSSR count). The Labute approximate surface area is 140 Å². The van der Waals surface area contributed by atoms with E-state index >= 15 is 0 Å². The minimum atomic E-state index is -4.65. The van der Waals surface area contributed by atoms with Crippen LogP contribution in [0.3, 0.4) is 0 Å². The summed E-state index contributed by atoms with van der Waals surface area (Å²) in [7, 11) is -4.65. The maximum absolute atomic E-state index is 14.0. The molecule has 1 amide bonds. The van der Waals surface area contributed by atoms with Gasteiger partial charge >= 0.3 is 0 Å². The summed E-state index contributed by atoms with van der Waals surface area (Å²) in [5, 5.41) is 0. The largest absolute Gasteiger partial charge is 0.476 e. The van der Waals surface area contributed by atoms with Crippen LogP contribution in [0.15, 0.2) is 41.3 Å². The number of nitrogens with two attached hydrogens (primary N) is 1. The normalized spacial score (nSPS) is 16.9. The molecule has 2 aromatic carbocycles. The van der Waals surface area contributed by atoms with E-state index in [-0.39, 0.29) is 11.4 Å². The molecule has 0 aromatic heterocycles. The molecule has 1 atom stereocenters. The summed E-state index contributed by atoms with van der Waals surface area (Å²) < 4.78 is 72.1. The van der Waals surface area contributed by atoms with Crippen molar-refractivity contribution in [2.24, 2.45) is 5.73 Å². The molecule has 6 nitrogen and oxygen atoms in total. The zero-order chi connectivity index (χ0) is 18.4. The molecule has 0 saturated carbocycles. The number of rotatable bonds is 3. The lowest BCUT2D eigenvalue weighted by molar-refractivity contribution is -0.124. The second-order valence-corrected chi connectivity index (χ2v) is 7.02. The van der Waals surface area contributed by atoms with Crippen molar-refractivity contribution in [3.05, 3.63) is 53.8 Å². The smallest absolute Gasteiger partial charge is 0.267 e. The number of carbonyl (C=O) groups is 1. The van der Waals surface area contributed by atoms with Crippen molar-refractivity contribution in [2.45, 2.75) is 11.0 Å². The third-order valence-electron chi connectivity index (χ3n) is 3.62. The standard InChI is InChI=1S/C15H11F3N2O4S/c16-8-5-6-12(14(18)13(8)17)25(22,23)20-7-11(15(19)21)24-10-4-2-1-3-9(10)20/h1-6,11H,7H2,(H2,19,21)/t11-/m1/s1. The lowest BCUT2D eigenvalue weighted by atomic mass is 10.2. The molecule has 0 bridgehead atoms. The fourth-order valence-electron chi connectivity index (χ4n) is 2.40. The van der Waals surface area contributed by atoms with E-state index in [1.807, 2.05) is 0 Å². The van der Waals surface area contributed by atoms with Crippen LogP contribution in [0.4, 0.5) is 18.9 Å². The zero-order valence-electron chi connectivity index (χ0n) is 12.4. The van der Waals surface area contributed by atoms with E-state index in [1.165, 1.54) is 24.3 Å². The SMILES string of the molecule is NC(=O)[C@H]1CN(S(=O)(=O)c2ccc(F)c(F)c2F)c2ccccc2O1. The van der Waals surface area contributed by atoms with Gasteiger partial charge in [-0.05, 0) is 24.3 Å². The zero-order valence-corrected chi connectivity index (χ0v) is 13.3. The van der Waals surface area contributed by atoms with Gasteiger partial charge in [0.05, 0.1) is 12.2 Å². The molecule has 2 N–H and O–H groups in total. The summed E-state index contributed by atoms with van der Waals surface area (Å²) in [5.41, 5.74) is 5.19. The van der Waals surface area contributed by atoms with Crippen molar-refractivity contribution >= 4 is 21.6 Å². The molecule has 2 aromatic rings. The number of ether oxygens (including phenoxy) is 1. The molecule has 1 heterocycles.